The van der Waals surface area contributed by atoms with E-state index in [2.05, 4.69) is 9.88 Å². The van der Waals surface area contributed by atoms with Crippen LogP contribution in [0.25, 0.3) is 5.65 Å². The number of fused-ring (bicyclic) bond motifs is 1. The molecule has 2 aromatic rings. The monoisotopic (exact) mass is 306 g/mol. The van der Waals surface area contributed by atoms with Gasteiger partial charge in [0.1, 0.15) is 5.65 Å². The van der Waals surface area contributed by atoms with E-state index in [0.29, 0.717) is 5.02 Å². The maximum absolute atomic E-state index is 6.49. The number of nitrogens with two attached hydrogens (primary N) is 1. The maximum atomic E-state index is 6.49. The number of aryl methyl sites for hydroxylation is 1. The summed E-state index contributed by atoms with van der Waals surface area (Å²) in [7, 11) is 0. The number of nitrogens with zero attached hydrogens (tertiary/aromatic N) is 3. The second-order valence-electron chi connectivity index (χ2n) is 5.98. The van der Waals surface area contributed by atoms with Gasteiger partial charge >= 0.3 is 0 Å². The molecule has 1 aliphatic heterocycles. The summed E-state index contributed by atoms with van der Waals surface area (Å²) >= 11 is 6.12. The molecule has 5 heteroatoms. The van der Waals surface area contributed by atoms with Gasteiger partial charge in [-0.05, 0) is 45.0 Å². The van der Waals surface area contributed by atoms with Gasteiger partial charge in [0, 0.05) is 12.7 Å². The predicted molar refractivity (Wildman–Crippen MR) is 86.8 cm³/mol. The average molecular weight is 307 g/mol. The Kier molecular flexibility index (Phi) is 4.48. The molecule has 1 atom stereocenters. The van der Waals surface area contributed by atoms with Gasteiger partial charge in [-0.2, -0.15) is 0 Å². The number of imidazole rings is 1. The molecule has 0 radical (unpaired) electrons. The summed E-state index contributed by atoms with van der Waals surface area (Å²) in [5, 5.41) is 0.711. The second kappa shape index (κ2) is 6.34. The van der Waals surface area contributed by atoms with Crippen molar-refractivity contribution in [3.63, 3.8) is 0 Å². The van der Waals surface area contributed by atoms with Gasteiger partial charge in [0.2, 0.25) is 0 Å². The molecule has 21 heavy (non-hydrogen) atoms. The number of pyridine rings is 1. The molecule has 2 aromatic heterocycles. The Balaban J connectivity index is 1.84. The lowest BCUT2D eigenvalue weighted by molar-refractivity contribution is 0.265. The van der Waals surface area contributed by atoms with Crippen molar-refractivity contribution in [2.24, 2.45) is 5.73 Å². The van der Waals surface area contributed by atoms with Crippen molar-refractivity contribution >= 4 is 17.2 Å². The quantitative estimate of drug-likeness (QED) is 0.947. The first-order valence-electron chi connectivity index (χ1n) is 7.77. The van der Waals surface area contributed by atoms with Crippen LogP contribution in [0.1, 0.15) is 43.1 Å². The molecule has 3 heterocycles. The summed E-state index contributed by atoms with van der Waals surface area (Å²) in [6, 6.07) is 3.78. The van der Waals surface area contributed by atoms with Gasteiger partial charge in [-0.15, -0.1) is 0 Å². The fourth-order valence-electron chi connectivity index (χ4n) is 3.28. The molecule has 1 saturated heterocycles. The predicted octanol–water partition coefficient (Wildman–Crippen LogP) is 3.17. The third-order valence-corrected chi connectivity index (χ3v) is 4.53. The zero-order valence-electron chi connectivity index (χ0n) is 12.6. The fraction of sp³-hybridized carbons (Fsp3) is 0.562. The van der Waals surface area contributed by atoms with Crippen LogP contribution in [0, 0.1) is 6.92 Å². The lowest BCUT2D eigenvalue weighted by Crippen LogP contribution is -2.33. The summed E-state index contributed by atoms with van der Waals surface area (Å²) < 4.78 is 2.04. The van der Waals surface area contributed by atoms with Crippen molar-refractivity contribution in [3.05, 3.63) is 34.7 Å². The highest BCUT2D eigenvalue weighted by molar-refractivity contribution is 6.30. The minimum absolute atomic E-state index is 0.0310. The zero-order valence-corrected chi connectivity index (χ0v) is 13.3. The molecule has 1 unspecified atom stereocenters. The van der Waals surface area contributed by atoms with Crippen LogP contribution >= 0.6 is 11.6 Å². The average Bonchev–Trinajstić information content (AvgIpc) is 2.62. The molecule has 114 valence electrons. The molecule has 1 fully saturated rings. The van der Waals surface area contributed by atoms with E-state index < -0.39 is 0 Å². The van der Waals surface area contributed by atoms with E-state index in [4.69, 9.17) is 17.3 Å². The number of aromatic nitrogens is 2. The summed E-state index contributed by atoms with van der Waals surface area (Å²) in [6.07, 6.45) is 7.16. The fourth-order valence-corrected chi connectivity index (χ4v) is 3.45. The smallest absolute Gasteiger partial charge is 0.137 e. The first-order valence-corrected chi connectivity index (χ1v) is 8.15. The first kappa shape index (κ1) is 14.8. The van der Waals surface area contributed by atoms with E-state index in [1.54, 1.807) is 0 Å². The van der Waals surface area contributed by atoms with Crippen LogP contribution in [-0.4, -0.2) is 33.9 Å². The van der Waals surface area contributed by atoms with E-state index in [-0.39, 0.29) is 6.04 Å². The van der Waals surface area contributed by atoms with E-state index >= 15 is 0 Å². The molecule has 0 spiro atoms. The van der Waals surface area contributed by atoms with Gasteiger partial charge in [0.05, 0.1) is 22.5 Å². The molecular weight excluding hydrogens is 284 g/mol. The van der Waals surface area contributed by atoms with E-state index in [1.807, 2.05) is 29.7 Å². The molecule has 1 aliphatic rings. The largest absolute Gasteiger partial charge is 0.322 e. The third-order valence-electron chi connectivity index (χ3n) is 4.31. The van der Waals surface area contributed by atoms with Crippen LogP contribution in [0.5, 0.6) is 0 Å². The van der Waals surface area contributed by atoms with Crippen LogP contribution < -0.4 is 5.73 Å². The highest BCUT2D eigenvalue weighted by atomic mass is 35.5. The third kappa shape index (κ3) is 3.23. The second-order valence-corrected chi connectivity index (χ2v) is 6.42. The van der Waals surface area contributed by atoms with Gasteiger partial charge in [0.15, 0.2) is 0 Å². The summed E-state index contributed by atoms with van der Waals surface area (Å²) in [5.74, 6) is 0. The zero-order chi connectivity index (χ0) is 14.8. The van der Waals surface area contributed by atoms with Crippen molar-refractivity contribution in [1.29, 1.82) is 0 Å². The number of likely N-dealkylation sites (tertiary alicyclic amines) is 1. The van der Waals surface area contributed by atoms with Crippen molar-refractivity contribution in [2.75, 3.05) is 19.6 Å². The molecular formula is C16H23ClN4. The van der Waals surface area contributed by atoms with Crippen molar-refractivity contribution in [2.45, 2.75) is 38.6 Å². The van der Waals surface area contributed by atoms with Crippen molar-refractivity contribution in [1.82, 2.24) is 14.3 Å². The van der Waals surface area contributed by atoms with Crippen LogP contribution in [0.15, 0.2) is 18.3 Å². The minimum Gasteiger partial charge on any atom is -0.322 e. The Morgan fingerprint density at radius 2 is 1.95 bits per heavy atom. The van der Waals surface area contributed by atoms with Gasteiger partial charge < -0.3 is 15.0 Å². The molecule has 4 nitrogen and oxygen atoms in total. The Hall–Kier alpha value is -1.10. The Morgan fingerprint density at radius 1 is 1.24 bits per heavy atom. The molecule has 0 bridgehead atoms. The Morgan fingerprint density at radius 3 is 2.67 bits per heavy atom. The van der Waals surface area contributed by atoms with Crippen molar-refractivity contribution in [3.8, 4) is 0 Å². The topological polar surface area (TPSA) is 46.6 Å². The van der Waals surface area contributed by atoms with Gasteiger partial charge in [0.25, 0.3) is 0 Å². The Labute approximate surface area is 130 Å². The maximum Gasteiger partial charge on any atom is 0.137 e. The minimum atomic E-state index is -0.0310. The van der Waals surface area contributed by atoms with Crippen LogP contribution in [0.2, 0.25) is 5.02 Å². The summed E-state index contributed by atoms with van der Waals surface area (Å²) in [4.78, 5) is 7.08. The van der Waals surface area contributed by atoms with E-state index in [0.717, 1.165) is 36.7 Å². The lowest BCUT2D eigenvalue weighted by atomic mass is 10.1. The number of hydrogen-bond donors (Lipinski definition) is 1. The summed E-state index contributed by atoms with van der Waals surface area (Å²) in [6.45, 7) is 5.23. The Bertz CT molecular complexity index is 614. The molecule has 3 rings (SSSR count). The number of hydrogen-bond acceptors (Lipinski definition) is 3. The van der Waals surface area contributed by atoms with Crippen LogP contribution in [0.3, 0.4) is 0 Å². The summed E-state index contributed by atoms with van der Waals surface area (Å²) in [5.41, 5.74) is 9.49. The highest BCUT2D eigenvalue weighted by Crippen LogP contribution is 2.22. The van der Waals surface area contributed by atoms with Gasteiger partial charge in [-0.1, -0.05) is 24.4 Å². The van der Waals surface area contributed by atoms with Gasteiger partial charge in [-0.25, -0.2) is 4.98 Å². The van der Waals surface area contributed by atoms with E-state index in [9.17, 15) is 0 Å². The van der Waals surface area contributed by atoms with Gasteiger partial charge in [-0.3, -0.25) is 0 Å². The highest BCUT2D eigenvalue weighted by Gasteiger charge is 2.19. The lowest BCUT2D eigenvalue weighted by Gasteiger charge is -2.24. The number of rotatable bonds is 3. The SMILES string of the molecule is Cc1nc2ccc(Cl)cn2c1C(N)CN1CCCCCC1. The van der Waals surface area contributed by atoms with Crippen LogP contribution in [-0.2, 0) is 0 Å². The molecule has 0 aliphatic carbocycles. The normalized spacial score (nSPS) is 18.8. The molecule has 2 N–H and O–H groups in total. The molecule has 0 amide bonds. The standard InChI is InChI=1S/C16H23ClN4/c1-12-16(21-10-13(17)6-7-15(21)19-12)14(18)11-20-8-4-2-3-5-9-20/h6-7,10,14H,2-5,8-9,11,18H2,1H3. The van der Waals surface area contributed by atoms with Crippen molar-refractivity contribution < 1.29 is 0 Å². The first-order chi connectivity index (χ1) is 10.1. The molecule has 0 saturated carbocycles. The number of halogens is 1. The van der Waals surface area contributed by atoms with E-state index in [1.165, 1.54) is 25.7 Å². The molecule has 0 aromatic carbocycles. The van der Waals surface area contributed by atoms with Crippen LogP contribution in [0.4, 0.5) is 0 Å².